The number of halogens is 3. The van der Waals surface area contributed by atoms with Gasteiger partial charge in [0.15, 0.2) is 17.2 Å². The summed E-state index contributed by atoms with van der Waals surface area (Å²) in [6.45, 7) is 2.16. The second-order valence-electron chi connectivity index (χ2n) is 5.76. The van der Waals surface area contributed by atoms with Gasteiger partial charge in [-0.25, -0.2) is 4.79 Å². The zero-order chi connectivity index (χ0) is 21.0. The van der Waals surface area contributed by atoms with E-state index < -0.39 is 5.97 Å². The van der Waals surface area contributed by atoms with E-state index in [0.29, 0.717) is 37.3 Å². The molecule has 1 heterocycles. The number of carbonyl (C=O) groups excluding carboxylic acids is 1. The Hall–Kier alpha value is -2.29. The number of rotatable bonds is 7. The summed E-state index contributed by atoms with van der Waals surface area (Å²) in [6, 6.07) is 8.63. The monoisotopic (exact) mass is 499 g/mol. The number of benzene rings is 2. The molecule has 0 amide bonds. The third-order valence-electron chi connectivity index (χ3n) is 3.91. The van der Waals surface area contributed by atoms with E-state index in [-0.39, 0.29) is 18.9 Å². The van der Waals surface area contributed by atoms with Crippen LogP contribution in [0.15, 0.2) is 34.8 Å². The normalized spacial score (nSPS) is 10.7. The summed E-state index contributed by atoms with van der Waals surface area (Å²) in [4.78, 5) is 12.1. The molecule has 0 unspecified atom stereocenters. The van der Waals surface area contributed by atoms with Gasteiger partial charge in [-0.1, -0.05) is 29.3 Å². The van der Waals surface area contributed by atoms with E-state index in [1.807, 2.05) is 0 Å². The minimum Gasteiger partial charge on any atom is -0.493 e. The molecule has 0 aliphatic heterocycles. The van der Waals surface area contributed by atoms with Crippen LogP contribution in [-0.2, 0) is 11.3 Å². The van der Waals surface area contributed by atoms with Crippen LogP contribution in [0.4, 0.5) is 0 Å². The summed E-state index contributed by atoms with van der Waals surface area (Å²) in [7, 11) is 1.52. The largest absolute Gasteiger partial charge is 0.493 e. The molecule has 3 rings (SSSR count). The van der Waals surface area contributed by atoms with Crippen LogP contribution in [0.25, 0.3) is 11.3 Å². The van der Waals surface area contributed by atoms with Crippen LogP contribution in [0.2, 0.25) is 10.0 Å². The lowest BCUT2D eigenvalue weighted by Crippen LogP contribution is -2.07. The minimum atomic E-state index is -0.566. The Labute approximate surface area is 185 Å². The first kappa shape index (κ1) is 21.4. The van der Waals surface area contributed by atoms with Crippen LogP contribution in [0, 0.1) is 0 Å². The Bertz CT molecular complexity index is 1040. The molecule has 152 valence electrons. The van der Waals surface area contributed by atoms with Crippen molar-refractivity contribution in [2.24, 2.45) is 0 Å². The molecule has 0 bridgehead atoms. The summed E-state index contributed by atoms with van der Waals surface area (Å²) in [6.07, 6.45) is 0. The van der Waals surface area contributed by atoms with E-state index in [1.54, 1.807) is 37.3 Å². The molecule has 1 aromatic heterocycles. The Kier molecular flexibility index (Phi) is 7.00. The number of hydrogen-bond acceptors (Lipinski definition) is 6. The molecule has 0 fully saturated rings. The standard InChI is InChI=1S/C19H16BrCl2N3O4/c1-3-28-19(26)17-16(23-25-24-17)11-6-13(20)18(15(7-11)27-2)29-9-10-4-5-12(21)8-14(10)22/h4-8H,3,9H2,1-2H3,(H,23,24,25). The summed E-state index contributed by atoms with van der Waals surface area (Å²) in [5.41, 5.74) is 1.80. The third kappa shape index (κ3) is 4.83. The van der Waals surface area contributed by atoms with Gasteiger partial charge in [-0.2, -0.15) is 10.3 Å². The minimum absolute atomic E-state index is 0.0856. The first-order valence-corrected chi connectivity index (χ1v) is 10.0. The number of H-pyrrole nitrogens is 1. The summed E-state index contributed by atoms with van der Waals surface area (Å²) in [5, 5.41) is 11.5. The van der Waals surface area contributed by atoms with E-state index in [4.69, 9.17) is 37.4 Å². The van der Waals surface area contributed by atoms with Gasteiger partial charge in [0.05, 0.1) is 18.2 Å². The Morgan fingerprint density at radius 1 is 1.21 bits per heavy atom. The number of carbonyl (C=O) groups is 1. The van der Waals surface area contributed by atoms with Crippen molar-refractivity contribution >= 4 is 45.1 Å². The fourth-order valence-corrected chi connectivity index (χ4v) is 3.58. The SMILES string of the molecule is CCOC(=O)c1n[nH]nc1-c1cc(Br)c(OCc2ccc(Cl)cc2Cl)c(OC)c1. The Morgan fingerprint density at radius 3 is 2.69 bits per heavy atom. The van der Waals surface area contributed by atoms with Gasteiger partial charge in [0.25, 0.3) is 0 Å². The van der Waals surface area contributed by atoms with Crippen LogP contribution in [0.5, 0.6) is 11.5 Å². The van der Waals surface area contributed by atoms with Crippen molar-refractivity contribution < 1.29 is 19.0 Å². The first-order valence-electron chi connectivity index (χ1n) is 8.47. The highest BCUT2D eigenvalue weighted by molar-refractivity contribution is 9.10. The van der Waals surface area contributed by atoms with Gasteiger partial charge in [0, 0.05) is 21.2 Å². The zero-order valence-corrected chi connectivity index (χ0v) is 18.6. The molecular formula is C19H16BrCl2N3O4. The number of hydrogen-bond donors (Lipinski definition) is 1. The van der Waals surface area contributed by atoms with Gasteiger partial charge >= 0.3 is 5.97 Å². The number of aromatic nitrogens is 3. The van der Waals surface area contributed by atoms with Crippen molar-refractivity contribution in [1.29, 1.82) is 0 Å². The molecule has 7 nitrogen and oxygen atoms in total. The zero-order valence-electron chi connectivity index (χ0n) is 15.5. The lowest BCUT2D eigenvalue weighted by atomic mass is 10.1. The van der Waals surface area contributed by atoms with Crippen LogP contribution in [-0.4, -0.2) is 35.1 Å². The molecule has 0 saturated heterocycles. The average molecular weight is 501 g/mol. The predicted octanol–water partition coefficient (Wildman–Crippen LogP) is 5.31. The first-order chi connectivity index (χ1) is 13.9. The summed E-state index contributed by atoms with van der Waals surface area (Å²) in [5.74, 6) is 0.352. The summed E-state index contributed by atoms with van der Waals surface area (Å²) >= 11 is 15.6. The van der Waals surface area contributed by atoms with Gasteiger partial charge in [-0.3, -0.25) is 0 Å². The van der Waals surface area contributed by atoms with E-state index in [0.717, 1.165) is 5.56 Å². The summed E-state index contributed by atoms with van der Waals surface area (Å²) < 4.78 is 17.0. The van der Waals surface area contributed by atoms with Crippen molar-refractivity contribution in [2.45, 2.75) is 13.5 Å². The van der Waals surface area contributed by atoms with Gasteiger partial charge in [-0.05, 0) is 47.1 Å². The van der Waals surface area contributed by atoms with Gasteiger partial charge < -0.3 is 14.2 Å². The van der Waals surface area contributed by atoms with E-state index in [9.17, 15) is 4.79 Å². The van der Waals surface area contributed by atoms with E-state index in [1.165, 1.54) is 7.11 Å². The number of methoxy groups -OCH3 is 1. The molecule has 2 aromatic carbocycles. The van der Waals surface area contributed by atoms with Crippen molar-refractivity contribution in [3.05, 3.63) is 56.1 Å². The predicted molar refractivity (Wildman–Crippen MR) is 113 cm³/mol. The van der Waals surface area contributed by atoms with Crippen molar-refractivity contribution in [3.63, 3.8) is 0 Å². The number of esters is 1. The van der Waals surface area contributed by atoms with Crippen LogP contribution >= 0.6 is 39.1 Å². The fraction of sp³-hybridized carbons (Fsp3) is 0.211. The van der Waals surface area contributed by atoms with Gasteiger partial charge in [0.2, 0.25) is 0 Å². The van der Waals surface area contributed by atoms with Crippen LogP contribution in [0.3, 0.4) is 0 Å². The number of ether oxygens (including phenoxy) is 3. The number of nitrogens with one attached hydrogen (secondary N) is 1. The molecule has 0 aliphatic rings. The quantitative estimate of drug-likeness (QED) is 0.442. The molecule has 0 saturated carbocycles. The van der Waals surface area contributed by atoms with E-state index in [2.05, 4.69) is 31.3 Å². The molecular weight excluding hydrogens is 485 g/mol. The van der Waals surface area contributed by atoms with Gasteiger partial charge in [-0.15, -0.1) is 5.10 Å². The lowest BCUT2D eigenvalue weighted by molar-refractivity contribution is 0.0520. The molecule has 10 heteroatoms. The highest BCUT2D eigenvalue weighted by Crippen LogP contribution is 2.40. The molecule has 0 spiro atoms. The molecule has 1 N–H and O–H groups in total. The molecule has 0 aliphatic carbocycles. The van der Waals surface area contributed by atoms with Crippen LogP contribution in [0.1, 0.15) is 23.0 Å². The Balaban J connectivity index is 1.90. The van der Waals surface area contributed by atoms with Crippen molar-refractivity contribution in [2.75, 3.05) is 13.7 Å². The highest BCUT2D eigenvalue weighted by atomic mass is 79.9. The second-order valence-corrected chi connectivity index (χ2v) is 7.45. The smallest absolute Gasteiger partial charge is 0.361 e. The average Bonchev–Trinajstić information content (AvgIpc) is 3.18. The Morgan fingerprint density at radius 2 is 2.00 bits per heavy atom. The fourth-order valence-electron chi connectivity index (χ4n) is 2.56. The molecule has 3 aromatic rings. The van der Waals surface area contributed by atoms with Gasteiger partial charge in [0.1, 0.15) is 12.3 Å². The molecule has 0 radical (unpaired) electrons. The number of aromatic amines is 1. The highest BCUT2D eigenvalue weighted by Gasteiger charge is 2.22. The lowest BCUT2D eigenvalue weighted by Gasteiger charge is -2.15. The number of nitrogens with zero attached hydrogens (tertiary/aromatic N) is 2. The molecule has 29 heavy (non-hydrogen) atoms. The second kappa shape index (κ2) is 9.47. The maximum absolute atomic E-state index is 12.1. The maximum atomic E-state index is 12.1. The van der Waals surface area contributed by atoms with Crippen molar-refractivity contribution in [3.8, 4) is 22.8 Å². The van der Waals surface area contributed by atoms with Crippen LogP contribution < -0.4 is 9.47 Å². The van der Waals surface area contributed by atoms with Crippen molar-refractivity contribution in [1.82, 2.24) is 15.4 Å². The topological polar surface area (TPSA) is 86.3 Å². The third-order valence-corrected chi connectivity index (χ3v) is 5.08. The maximum Gasteiger partial charge on any atom is 0.361 e. The van der Waals surface area contributed by atoms with E-state index >= 15 is 0 Å². The molecule has 0 atom stereocenters.